The zero-order chi connectivity index (χ0) is 66.6. The first-order chi connectivity index (χ1) is 43.3. The number of aromatic hydroxyl groups is 1. The number of phenols is 1. The molecule has 2 aliphatic rings. The molecular formula is C59H83Gd2N15O15S2-2. The molecule has 3 heterocycles. The fourth-order valence-corrected chi connectivity index (χ4v) is 12.2. The quantitative estimate of drug-likeness (QED) is 0.0192. The number of benzene rings is 2. The third-order valence-corrected chi connectivity index (χ3v) is 16.9. The molecule has 2 fully saturated rings. The van der Waals surface area contributed by atoms with Crippen molar-refractivity contribution < 1.29 is 153 Å². The van der Waals surface area contributed by atoms with Crippen molar-refractivity contribution in [3.05, 3.63) is 97.8 Å². The molecule has 9 atom stereocenters. The van der Waals surface area contributed by atoms with Crippen molar-refractivity contribution in [3.8, 4) is 5.75 Å². The van der Waals surface area contributed by atoms with E-state index in [-0.39, 0.29) is 174 Å². The molecular weight excluding hydrogens is 1540 g/mol. The topological polar surface area (TPSA) is 433 Å². The number of nitrogens with zero attached hydrogens (tertiary/aromatic N) is 3. The van der Waals surface area contributed by atoms with Crippen LogP contribution in [0.15, 0.2) is 67.1 Å². The number of aliphatic hydroxyl groups excluding tert-OH is 1. The fraction of sp³-hybridized carbons (Fsp3) is 0.508. The Bertz CT molecular complexity index is 2940. The van der Waals surface area contributed by atoms with E-state index < -0.39 is 145 Å². The maximum absolute atomic E-state index is 15.0. The zero-order valence-electron chi connectivity index (χ0n) is 51.7. The van der Waals surface area contributed by atoms with Crippen LogP contribution in [-0.4, -0.2) is 224 Å². The summed E-state index contributed by atoms with van der Waals surface area (Å²) in [6.45, 7) is 11.2. The van der Waals surface area contributed by atoms with Crippen molar-refractivity contribution in [2.75, 3.05) is 63.9 Å². The second-order valence-corrected chi connectivity index (χ2v) is 24.9. The molecule has 2 aromatic carbocycles. The van der Waals surface area contributed by atoms with Crippen LogP contribution in [0.4, 0.5) is 0 Å². The van der Waals surface area contributed by atoms with Crippen LogP contribution in [0.2, 0.25) is 0 Å². The van der Waals surface area contributed by atoms with E-state index >= 15 is 4.79 Å². The first-order valence-corrected chi connectivity index (χ1v) is 32.1. The Balaban J connectivity index is 0.0000113. The number of carbonyl (C=O) groups is 12. The zero-order valence-corrected chi connectivity index (χ0v) is 57.8. The van der Waals surface area contributed by atoms with Crippen molar-refractivity contribution in [2.24, 2.45) is 5.92 Å². The van der Waals surface area contributed by atoms with Gasteiger partial charge in [0.25, 0.3) is 0 Å². The fourth-order valence-electron chi connectivity index (χ4n) is 9.77. The summed E-state index contributed by atoms with van der Waals surface area (Å²) in [5.74, 6) is -9.44. The van der Waals surface area contributed by atoms with E-state index in [9.17, 15) is 68.1 Å². The molecule has 34 heteroatoms. The number of imidazole rings is 1. The van der Waals surface area contributed by atoms with Gasteiger partial charge in [-0.05, 0) is 61.8 Å². The minimum absolute atomic E-state index is 0. The molecule has 0 aliphatic carbocycles. The second-order valence-electron chi connectivity index (χ2n) is 22.3. The van der Waals surface area contributed by atoms with Crippen LogP contribution in [0, 0.1) is 99.6 Å². The molecule has 2 aliphatic heterocycles. The summed E-state index contributed by atoms with van der Waals surface area (Å²) in [5, 5.41) is 61.0. The molecule has 1 aromatic heterocycles. The SMILES string of the molecule is [CH2-]C(=O)NCCN(CCNC([CH2-])=O)CC(=O)NCC(=O)NCC(=O)N[C@@H](Cc1ccccc1)[C@H](O)NC(Cc1cnc[nH]1)C(=O)N[C@H]1CSSC[C@@H](C)NC(=O)[C@H](CC(C)C)NC(=O)[C@H](CC(=O)O)NC(=O)[C@H](Cc2ccc(O)cc2)NC(=O)[C@@H]2CCCN2C1=O.[Gd].[Gd]. The maximum atomic E-state index is 15.0. The van der Waals surface area contributed by atoms with Gasteiger partial charge >= 0.3 is 5.97 Å². The summed E-state index contributed by atoms with van der Waals surface area (Å²) in [4.78, 5) is 171. The molecule has 0 radical (unpaired) electrons. The van der Waals surface area contributed by atoms with Gasteiger partial charge in [-0.1, -0.05) is 77.9 Å². The van der Waals surface area contributed by atoms with E-state index in [1.54, 1.807) is 42.2 Å². The summed E-state index contributed by atoms with van der Waals surface area (Å²) in [6.07, 6.45) is 0.430. The molecule has 11 amide bonds. The van der Waals surface area contributed by atoms with E-state index in [2.05, 4.69) is 82.3 Å². The van der Waals surface area contributed by atoms with Gasteiger partial charge in [-0.25, -0.2) is 4.98 Å². The van der Waals surface area contributed by atoms with Gasteiger partial charge in [-0.15, -0.1) is 0 Å². The van der Waals surface area contributed by atoms with Crippen LogP contribution in [0.5, 0.6) is 5.75 Å². The predicted molar refractivity (Wildman–Crippen MR) is 335 cm³/mol. The number of hydrogen-bond acceptors (Lipinski definition) is 19. The van der Waals surface area contributed by atoms with Gasteiger partial charge in [0.05, 0.1) is 56.3 Å². The van der Waals surface area contributed by atoms with Crippen LogP contribution in [-0.2, 0) is 76.8 Å². The molecule has 2 saturated heterocycles. The molecule has 93 heavy (non-hydrogen) atoms. The van der Waals surface area contributed by atoms with Crippen LogP contribution < -0.4 is 58.5 Å². The molecule has 3 aromatic rings. The molecule has 15 N–H and O–H groups in total. The number of carboxylic acids is 1. The number of carboxylic acid groups (broad SMARTS) is 1. The van der Waals surface area contributed by atoms with Gasteiger partial charge in [0, 0.05) is 155 Å². The van der Waals surface area contributed by atoms with E-state index in [0.717, 1.165) is 0 Å². The summed E-state index contributed by atoms with van der Waals surface area (Å²) in [5.41, 5.74) is 1.52. The molecule has 1 unspecified atom stereocenters. The third kappa shape index (κ3) is 30.1. The molecule has 514 valence electrons. The number of amides is 11. The normalized spacial score (nSPS) is 20.0. The van der Waals surface area contributed by atoms with Crippen molar-refractivity contribution >= 4 is 92.5 Å². The molecule has 0 spiro atoms. The van der Waals surface area contributed by atoms with E-state index in [0.29, 0.717) is 23.2 Å². The number of aliphatic carboxylic acids is 1. The number of phenolic OH excluding ortho intramolecular Hbond substituents is 1. The monoisotopic (exact) mass is 1620 g/mol. The Morgan fingerprint density at radius 1 is 0.742 bits per heavy atom. The molecule has 5 rings (SSSR count). The number of rotatable bonds is 28. The van der Waals surface area contributed by atoms with Gasteiger partial charge in [0.15, 0.2) is 0 Å². The van der Waals surface area contributed by atoms with Crippen molar-refractivity contribution in [3.63, 3.8) is 0 Å². The van der Waals surface area contributed by atoms with Gasteiger partial charge in [0.1, 0.15) is 42.2 Å². The Hall–Kier alpha value is -5.94. The van der Waals surface area contributed by atoms with Crippen LogP contribution in [0.3, 0.4) is 0 Å². The van der Waals surface area contributed by atoms with Crippen molar-refractivity contribution in [2.45, 2.75) is 120 Å². The number of H-pyrrole nitrogens is 1. The van der Waals surface area contributed by atoms with Crippen LogP contribution >= 0.6 is 21.6 Å². The molecule has 30 nitrogen and oxygen atoms in total. The number of hydrogen-bond donors (Lipinski definition) is 15. The third-order valence-electron chi connectivity index (χ3n) is 14.3. The first-order valence-electron chi connectivity index (χ1n) is 29.6. The smallest absolute Gasteiger partial charge is 0.305 e. The summed E-state index contributed by atoms with van der Waals surface area (Å²) >= 11 is 0. The van der Waals surface area contributed by atoms with Crippen LogP contribution in [0.1, 0.15) is 63.3 Å². The first kappa shape index (κ1) is 81.3. The number of nitrogens with one attached hydrogen (secondary N) is 12. The van der Waals surface area contributed by atoms with E-state index in [1.165, 1.54) is 63.3 Å². The Labute approximate surface area is 611 Å². The average molecular weight is 1620 g/mol. The Morgan fingerprint density at radius 3 is 1.97 bits per heavy atom. The van der Waals surface area contributed by atoms with Crippen molar-refractivity contribution in [1.82, 2.24) is 78.3 Å². The van der Waals surface area contributed by atoms with Gasteiger partial charge < -0.3 is 102 Å². The molecule has 0 saturated carbocycles. The minimum Gasteiger partial charge on any atom is -0.508 e. The average Bonchev–Trinajstić information content (AvgIpc) is 1.80. The number of aliphatic hydroxyl groups is 1. The van der Waals surface area contributed by atoms with E-state index in [4.69, 9.17) is 0 Å². The summed E-state index contributed by atoms with van der Waals surface area (Å²) in [7, 11) is 2.43. The van der Waals surface area contributed by atoms with Gasteiger partial charge in [0.2, 0.25) is 53.2 Å². The van der Waals surface area contributed by atoms with Crippen LogP contribution in [0.25, 0.3) is 0 Å². The van der Waals surface area contributed by atoms with Crippen molar-refractivity contribution in [1.29, 1.82) is 0 Å². The second kappa shape index (κ2) is 42.5. The summed E-state index contributed by atoms with van der Waals surface area (Å²) < 4.78 is 0. The molecule has 0 bridgehead atoms. The number of aromatic amines is 1. The predicted octanol–water partition coefficient (Wildman–Crippen LogP) is -3.31. The number of aromatic nitrogens is 2. The Morgan fingerprint density at radius 2 is 1.34 bits per heavy atom. The summed E-state index contributed by atoms with van der Waals surface area (Å²) in [6, 6.07) is 4.44. The van der Waals surface area contributed by atoms with Gasteiger partial charge in [-0.3, -0.25) is 58.2 Å². The standard InChI is InChI=1S/C59H83N15O15S2.2Gd/c1-34(2)22-42-53(83)66-35(3)31-90-91-32-47(59(89)74-19-9-12-48(74)58(88)71-44(24-39-13-15-41(77)16-14-39)55(85)70-46(26-52(81)82)57(87)68-42)72-56(86)45(25-40-27-60-33-65-40)69-54(84)43(23-38-10-7-6-8-11-38)67-50(79)29-63-49(78)28-64-51(80)30-73(20-17-61-36(4)75)21-18-62-37(5)76;;/h6-8,10-11,13-16,27,33-35,42-48,54,69,77,84H,4-5,9,12,17-26,28-32H2,1-3H3,(H,60,65)(H,61,75)(H,62,76)(H,63,78)(H,64,80)(H,66,83)(H,67,79)(H,68,87)(H,70,85)(H,71,88)(H,72,86)(H,81,82);;/q-2;;/t35-,42+,43+,44+,45?,46+,47+,48+,54+;;/m1../s1. The van der Waals surface area contributed by atoms with Gasteiger partial charge in [-0.2, -0.15) is 0 Å². The Kier molecular flexibility index (Phi) is 37.1. The van der Waals surface area contributed by atoms with E-state index in [1.807, 2.05) is 13.8 Å². The largest absolute Gasteiger partial charge is 0.508 e. The number of carbonyl (C=O) groups excluding carboxylic acids is 11. The maximum Gasteiger partial charge on any atom is 0.305 e. The minimum atomic E-state index is -1.71. The number of fused-ring (bicyclic) bond motifs is 1.